The minimum absolute atomic E-state index is 0.0636. The van der Waals surface area contributed by atoms with Crippen LogP contribution in [0.25, 0.3) is 11.4 Å². The van der Waals surface area contributed by atoms with Gasteiger partial charge in [0.05, 0.1) is 24.0 Å². The maximum Gasteiger partial charge on any atom is 0.260 e. The number of aromatic nitrogens is 3. The van der Waals surface area contributed by atoms with E-state index in [1.165, 1.54) is 19.3 Å². The average molecular weight is 451 g/mol. The summed E-state index contributed by atoms with van der Waals surface area (Å²) in [5.74, 6) is -0.162. The molecule has 0 radical (unpaired) electrons. The summed E-state index contributed by atoms with van der Waals surface area (Å²) >= 11 is 6.08. The van der Waals surface area contributed by atoms with E-state index < -0.39 is 6.10 Å². The van der Waals surface area contributed by atoms with Gasteiger partial charge >= 0.3 is 0 Å². The molecular formula is C22H19ClN6O3. The van der Waals surface area contributed by atoms with E-state index in [1.807, 2.05) is 6.07 Å². The van der Waals surface area contributed by atoms with Gasteiger partial charge in [-0.3, -0.25) is 14.6 Å². The number of amides is 2. The molecule has 0 unspecified atom stereocenters. The van der Waals surface area contributed by atoms with Gasteiger partial charge in [0, 0.05) is 19.3 Å². The summed E-state index contributed by atoms with van der Waals surface area (Å²) in [7, 11) is 1.50. The molecule has 0 aliphatic carbocycles. The molecule has 3 rings (SSSR count). The Balaban J connectivity index is 1.65. The van der Waals surface area contributed by atoms with Crippen molar-refractivity contribution in [2.75, 3.05) is 12.4 Å². The third-order valence-corrected chi connectivity index (χ3v) is 4.61. The van der Waals surface area contributed by atoms with Gasteiger partial charge in [-0.2, -0.15) is 5.26 Å². The zero-order valence-electron chi connectivity index (χ0n) is 17.3. The number of nitriles is 1. The highest BCUT2D eigenvalue weighted by molar-refractivity contribution is 6.32. The van der Waals surface area contributed by atoms with Crippen LogP contribution in [0.3, 0.4) is 0 Å². The topological polar surface area (TPSA) is 130 Å². The molecule has 3 aromatic rings. The predicted octanol–water partition coefficient (Wildman–Crippen LogP) is 2.76. The molecule has 3 heterocycles. The van der Waals surface area contributed by atoms with Crippen LogP contribution >= 0.6 is 11.6 Å². The SMILES string of the molecule is CNC(=O)[C@@H](C)Oc1cc(NC(=O)Cc2ccc(-c3cccc(C#N)n3)nc2)ncc1Cl. The van der Waals surface area contributed by atoms with Gasteiger partial charge in [-0.25, -0.2) is 9.97 Å². The monoisotopic (exact) mass is 450 g/mol. The van der Waals surface area contributed by atoms with Crippen LogP contribution in [0.4, 0.5) is 5.82 Å². The van der Waals surface area contributed by atoms with E-state index in [0.717, 1.165) is 0 Å². The van der Waals surface area contributed by atoms with Crippen LogP contribution in [0.15, 0.2) is 48.8 Å². The molecule has 1 atom stereocenters. The van der Waals surface area contributed by atoms with Crippen LogP contribution in [-0.2, 0) is 16.0 Å². The van der Waals surface area contributed by atoms with Crippen molar-refractivity contribution >= 4 is 29.2 Å². The number of halogens is 1. The summed E-state index contributed by atoms with van der Waals surface area (Å²) in [6, 6.07) is 12.0. The lowest BCUT2D eigenvalue weighted by Crippen LogP contribution is -2.33. The van der Waals surface area contributed by atoms with E-state index in [9.17, 15) is 9.59 Å². The van der Waals surface area contributed by atoms with E-state index in [-0.39, 0.29) is 34.8 Å². The largest absolute Gasteiger partial charge is 0.479 e. The molecule has 0 aromatic carbocycles. The third-order valence-electron chi connectivity index (χ3n) is 4.32. The Hall–Kier alpha value is -4.03. The number of pyridine rings is 3. The molecule has 32 heavy (non-hydrogen) atoms. The summed E-state index contributed by atoms with van der Waals surface area (Å²) in [5.41, 5.74) is 2.15. The molecule has 2 amide bonds. The van der Waals surface area contributed by atoms with Crippen molar-refractivity contribution < 1.29 is 14.3 Å². The third kappa shape index (κ3) is 5.77. The van der Waals surface area contributed by atoms with Crippen molar-refractivity contribution in [2.45, 2.75) is 19.4 Å². The molecule has 10 heteroatoms. The fourth-order valence-electron chi connectivity index (χ4n) is 2.72. The molecule has 2 N–H and O–H groups in total. The smallest absolute Gasteiger partial charge is 0.260 e. The van der Waals surface area contributed by atoms with Gasteiger partial charge in [-0.05, 0) is 30.7 Å². The Morgan fingerprint density at radius 3 is 2.69 bits per heavy atom. The lowest BCUT2D eigenvalue weighted by atomic mass is 10.1. The highest BCUT2D eigenvalue weighted by atomic mass is 35.5. The van der Waals surface area contributed by atoms with Gasteiger partial charge in [0.2, 0.25) is 5.91 Å². The lowest BCUT2D eigenvalue weighted by molar-refractivity contribution is -0.126. The second-order valence-electron chi connectivity index (χ2n) is 6.67. The van der Waals surface area contributed by atoms with Gasteiger partial charge in [-0.1, -0.05) is 23.7 Å². The van der Waals surface area contributed by atoms with E-state index in [0.29, 0.717) is 22.6 Å². The molecule has 9 nitrogen and oxygen atoms in total. The normalized spacial score (nSPS) is 11.2. The van der Waals surface area contributed by atoms with Crippen LogP contribution in [-0.4, -0.2) is 39.9 Å². The molecule has 0 aliphatic rings. The van der Waals surface area contributed by atoms with Crippen LogP contribution in [0, 0.1) is 11.3 Å². The first-order valence-corrected chi connectivity index (χ1v) is 9.93. The molecule has 0 aliphatic heterocycles. The van der Waals surface area contributed by atoms with Crippen LogP contribution in [0.5, 0.6) is 5.75 Å². The quantitative estimate of drug-likeness (QED) is 0.566. The summed E-state index contributed by atoms with van der Waals surface area (Å²) in [5, 5.41) is 14.3. The number of hydrogen-bond donors (Lipinski definition) is 2. The number of carbonyl (C=O) groups excluding carboxylic acids is 2. The first-order chi connectivity index (χ1) is 15.4. The summed E-state index contributed by atoms with van der Waals surface area (Å²) in [6.45, 7) is 1.58. The number of likely N-dealkylation sites (N-methyl/N-ethyl adjacent to an activating group) is 1. The number of hydrogen-bond acceptors (Lipinski definition) is 7. The van der Waals surface area contributed by atoms with E-state index in [2.05, 4.69) is 25.6 Å². The van der Waals surface area contributed by atoms with E-state index in [1.54, 1.807) is 43.5 Å². The van der Waals surface area contributed by atoms with Crippen LogP contribution in [0.1, 0.15) is 18.2 Å². The summed E-state index contributed by atoms with van der Waals surface area (Å²) < 4.78 is 5.54. The van der Waals surface area contributed by atoms with Gasteiger partial charge in [0.1, 0.15) is 28.4 Å². The van der Waals surface area contributed by atoms with Crippen molar-refractivity contribution in [1.29, 1.82) is 5.26 Å². The molecular weight excluding hydrogens is 432 g/mol. The Kier molecular flexibility index (Phi) is 7.31. The molecule has 0 fully saturated rings. The molecule has 0 spiro atoms. The minimum Gasteiger partial charge on any atom is -0.479 e. The molecule has 0 saturated carbocycles. The number of ether oxygens (including phenoxy) is 1. The van der Waals surface area contributed by atoms with E-state index >= 15 is 0 Å². The zero-order valence-corrected chi connectivity index (χ0v) is 18.1. The highest BCUT2D eigenvalue weighted by Gasteiger charge is 2.16. The van der Waals surface area contributed by atoms with Crippen molar-refractivity contribution in [3.63, 3.8) is 0 Å². The minimum atomic E-state index is -0.767. The van der Waals surface area contributed by atoms with Gasteiger partial charge in [0.15, 0.2) is 6.10 Å². The van der Waals surface area contributed by atoms with Crippen LogP contribution < -0.4 is 15.4 Å². The predicted molar refractivity (Wildman–Crippen MR) is 118 cm³/mol. The average Bonchev–Trinajstić information content (AvgIpc) is 2.81. The van der Waals surface area contributed by atoms with Gasteiger partial charge < -0.3 is 15.4 Å². The first kappa shape index (κ1) is 22.7. The number of rotatable bonds is 7. The molecule has 0 saturated heterocycles. The first-order valence-electron chi connectivity index (χ1n) is 9.55. The summed E-state index contributed by atoms with van der Waals surface area (Å²) in [6.07, 6.45) is 2.21. The zero-order chi connectivity index (χ0) is 23.1. The van der Waals surface area contributed by atoms with Gasteiger partial charge in [-0.15, -0.1) is 0 Å². The maximum atomic E-state index is 12.4. The van der Waals surface area contributed by atoms with Gasteiger partial charge in [0.25, 0.3) is 5.91 Å². The second kappa shape index (κ2) is 10.3. The van der Waals surface area contributed by atoms with Crippen LogP contribution in [0.2, 0.25) is 5.02 Å². The number of nitrogens with zero attached hydrogens (tertiary/aromatic N) is 4. The molecule has 162 valence electrons. The van der Waals surface area contributed by atoms with Crippen molar-refractivity contribution in [2.24, 2.45) is 0 Å². The number of carbonyl (C=O) groups is 2. The van der Waals surface area contributed by atoms with Crippen molar-refractivity contribution in [3.05, 3.63) is 65.1 Å². The fraction of sp³-hybridized carbons (Fsp3) is 0.182. The maximum absolute atomic E-state index is 12.4. The Morgan fingerprint density at radius 2 is 2.00 bits per heavy atom. The molecule has 3 aromatic heterocycles. The number of nitrogens with one attached hydrogen (secondary N) is 2. The Labute approximate surface area is 189 Å². The summed E-state index contributed by atoms with van der Waals surface area (Å²) in [4.78, 5) is 36.7. The Morgan fingerprint density at radius 1 is 1.19 bits per heavy atom. The van der Waals surface area contributed by atoms with Crippen molar-refractivity contribution in [1.82, 2.24) is 20.3 Å². The van der Waals surface area contributed by atoms with E-state index in [4.69, 9.17) is 21.6 Å². The molecule has 0 bridgehead atoms. The fourth-order valence-corrected chi connectivity index (χ4v) is 2.87. The number of anilines is 1. The standard InChI is InChI=1S/C22H19ClN6O3/c1-13(22(31)25-2)32-19-9-20(27-12-16(19)23)29-21(30)8-14-6-7-17(26-11-14)18-5-3-4-15(10-24)28-18/h3-7,9,11-13H,8H2,1-2H3,(H,25,31)(H,27,29,30)/t13-/m1/s1. The lowest BCUT2D eigenvalue weighted by Gasteiger charge is -2.15. The highest BCUT2D eigenvalue weighted by Crippen LogP contribution is 2.27. The van der Waals surface area contributed by atoms with Crippen molar-refractivity contribution in [3.8, 4) is 23.2 Å². The second-order valence-corrected chi connectivity index (χ2v) is 7.08. The Bertz CT molecular complexity index is 1180.